The summed E-state index contributed by atoms with van der Waals surface area (Å²) in [6, 6.07) is 5.96. The van der Waals surface area contributed by atoms with Crippen molar-refractivity contribution in [2.45, 2.75) is 25.2 Å². The van der Waals surface area contributed by atoms with Crippen LogP contribution in [0.2, 0.25) is 0 Å². The molecule has 0 aliphatic rings. The van der Waals surface area contributed by atoms with Gasteiger partial charge in [-0.2, -0.15) is 8.42 Å². The Bertz CT molecular complexity index is 496. The van der Waals surface area contributed by atoms with Gasteiger partial charge in [-0.05, 0) is 29.9 Å². The molecule has 0 saturated heterocycles. The van der Waals surface area contributed by atoms with Crippen LogP contribution in [0.25, 0.3) is 0 Å². The maximum absolute atomic E-state index is 12.0. The fourth-order valence-corrected chi connectivity index (χ4v) is 2.63. The maximum atomic E-state index is 12.0. The molecule has 0 spiro atoms. The molecule has 0 aliphatic heterocycles. The summed E-state index contributed by atoms with van der Waals surface area (Å²) >= 11 is 0. The van der Waals surface area contributed by atoms with Crippen LogP contribution >= 0.6 is 0 Å². The molecule has 1 aromatic carbocycles. The molecule has 0 amide bonds. The fraction of sp³-hybridized carbons (Fsp3) is 0.400. The topological polar surface area (TPSA) is 80.5 Å². The van der Waals surface area contributed by atoms with Crippen molar-refractivity contribution in [3.8, 4) is 0 Å². The molecule has 0 radical (unpaired) electrons. The van der Waals surface area contributed by atoms with Gasteiger partial charge in [0.05, 0.1) is 11.4 Å². The molecule has 1 rings (SSSR count). The first-order chi connectivity index (χ1) is 7.89. The molecule has 0 unspecified atom stereocenters. The van der Waals surface area contributed by atoms with Crippen LogP contribution < -0.4 is 0 Å². The molecule has 0 saturated carbocycles. The third-order valence-electron chi connectivity index (χ3n) is 2.19. The van der Waals surface area contributed by atoms with Gasteiger partial charge in [-0.25, -0.2) is 10.1 Å². The zero-order valence-electron chi connectivity index (χ0n) is 9.66. The van der Waals surface area contributed by atoms with Crippen molar-refractivity contribution in [2.75, 3.05) is 6.54 Å². The van der Waals surface area contributed by atoms with E-state index < -0.39 is 15.1 Å². The molecule has 0 bridgehead atoms. The number of hydrazine groups is 1. The lowest BCUT2D eigenvalue weighted by molar-refractivity contribution is -0.619. The highest BCUT2D eigenvalue weighted by atomic mass is 32.2. The molecule has 0 N–H and O–H groups in total. The number of hydrogen-bond acceptors (Lipinski definition) is 4. The van der Waals surface area contributed by atoms with E-state index in [9.17, 15) is 18.5 Å². The molecule has 0 atom stereocenters. The van der Waals surface area contributed by atoms with Crippen molar-refractivity contribution >= 4 is 10.0 Å². The summed E-state index contributed by atoms with van der Waals surface area (Å²) in [6.07, 6.45) is 0.381. The highest BCUT2D eigenvalue weighted by Crippen LogP contribution is 2.16. The number of nitrogens with zero attached hydrogens (tertiary/aromatic N) is 2. The van der Waals surface area contributed by atoms with Crippen molar-refractivity contribution in [2.24, 2.45) is 0 Å². The van der Waals surface area contributed by atoms with Crippen molar-refractivity contribution in [1.82, 2.24) is 4.41 Å². The summed E-state index contributed by atoms with van der Waals surface area (Å²) in [5.74, 6) is 0. The van der Waals surface area contributed by atoms with Crippen molar-refractivity contribution < 1.29 is 13.5 Å². The zero-order chi connectivity index (χ0) is 13.1. The van der Waals surface area contributed by atoms with E-state index >= 15 is 0 Å². The first-order valence-electron chi connectivity index (χ1n) is 5.13. The van der Waals surface area contributed by atoms with E-state index in [1.54, 1.807) is 19.1 Å². The quantitative estimate of drug-likeness (QED) is 0.593. The summed E-state index contributed by atoms with van der Waals surface area (Å²) in [6.45, 7) is 3.36. The summed E-state index contributed by atoms with van der Waals surface area (Å²) in [7, 11) is -4.04. The third kappa shape index (κ3) is 2.94. The Morgan fingerprint density at radius 1 is 1.29 bits per heavy atom. The van der Waals surface area contributed by atoms with Crippen LogP contribution in [-0.2, 0) is 10.0 Å². The van der Waals surface area contributed by atoms with E-state index in [2.05, 4.69) is 0 Å². The summed E-state index contributed by atoms with van der Waals surface area (Å²) in [5.41, 5.74) is 0.895. The van der Waals surface area contributed by atoms with Crippen LogP contribution in [0.1, 0.15) is 18.9 Å². The van der Waals surface area contributed by atoms with Crippen LogP contribution in [0.4, 0.5) is 0 Å². The standard InChI is InChI=1S/C10H14N2O4S/c1-3-8-11(12(13)14)17(15,16)10-6-4-9(2)5-7-10/h4-7H,3,8H2,1-2H3. The number of nitro groups is 1. The summed E-state index contributed by atoms with van der Waals surface area (Å²) in [5, 5.41) is 9.84. The smallest absolute Gasteiger partial charge is 0.234 e. The summed E-state index contributed by atoms with van der Waals surface area (Å²) in [4.78, 5) is 10.7. The predicted octanol–water partition coefficient (Wildman–Crippen LogP) is 1.59. The molecule has 94 valence electrons. The molecule has 17 heavy (non-hydrogen) atoms. The second-order valence-electron chi connectivity index (χ2n) is 3.60. The van der Waals surface area contributed by atoms with E-state index in [0.717, 1.165) is 5.56 Å². The van der Waals surface area contributed by atoms with Gasteiger partial charge in [0, 0.05) is 0 Å². The molecule has 0 aromatic heterocycles. The largest absolute Gasteiger partial charge is 0.313 e. The van der Waals surface area contributed by atoms with Gasteiger partial charge in [-0.15, -0.1) is 0 Å². The van der Waals surface area contributed by atoms with Gasteiger partial charge in [0.15, 0.2) is 5.03 Å². The van der Waals surface area contributed by atoms with Gasteiger partial charge >= 0.3 is 10.0 Å². The van der Waals surface area contributed by atoms with Gasteiger partial charge in [0.1, 0.15) is 0 Å². The lowest BCUT2D eigenvalue weighted by Crippen LogP contribution is -2.36. The number of hydrogen-bond donors (Lipinski definition) is 0. The molecule has 1 aromatic rings. The SMILES string of the molecule is CCCN([N+](=O)[O-])S(=O)(=O)c1ccc(C)cc1. The van der Waals surface area contributed by atoms with Crippen LogP contribution in [0, 0.1) is 17.0 Å². The number of rotatable bonds is 5. The van der Waals surface area contributed by atoms with Crippen LogP contribution in [0.5, 0.6) is 0 Å². The Morgan fingerprint density at radius 3 is 2.24 bits per heavy atom. The molecular formula is C10H14N2O4S. The van der Waals surface area contributed by atoms with E-state index in [-0.39, 0.29) is 15.9 Å². The molecule has 0 heterocycles. The Kier molecular flexibility index (Phi) is 4.06. The average Bonchev–Trinajstić information content (AvgIpc) is 2.25. The zero-order valence-corrected chi connectivity index (χ0v) is 10.5. The number of sulfonamides is 1. The highest BCUT2D eigenvalue weighted by molar-refractivity contribution is 7.89. The van der Waals surface area contributed by atoms with E-state index in [4.69, 9.17) is 0 Å². The Morgan fingerprint density at radius 2 is 1.82 bits per heavy atom. The van der Waals surface area contributed by atoms with Crippen molar-refractivity contribution in [3.05, 3.63) is 39.9 Å². The Hall–Kier alpha value is -1.63. The van der Waals surface area contributed by atoms with Crippen LogP contribution in [0.15, 0.2) is 29.2 Å². The van der Waals surface area contributed by atoms with Gasteiger partial charge in [0.25, 0.3) is 0 Å². The molecular weight excluding hydrogens is 244 g/mol. The average molecular weight is 258 g/mol. The molecule has 6 nitrogen and oxygen atoms in total. The first-order valence-corrected chi connectivity index (χ1v) is 6.57. The van der Waals surface area contributed by atoms with Crippen LogP contribution in [-0.4, -0.2) is 24.4 Å². The Labute approximate surface area is 100 Å². The van der Waals surface area contributed by atoms with E-state index in [1.807, 2.05) is 6.92 Å². The fourth-order valence-electron chi connectivity index (χ4n) is 1.31. The Balaban J connectivity index is 3.16. The molecule has 7 heteroatoms. The second kappa shape index (κ2) is 5.13. The highest BCUT2D eigenvalue weighted by Gasteiger charge is 2.31. The lowest BCUT2D eigenvalue weighted by atomic mass is 10.2. The normalized spacial score (nSPS) is 11.2. The monoisotopic (exact) mass is 258 g/mol. The van der Waals surface area contributed by atoms with Crippen molar-refractivity contribution in [1.29, 1.82) is 0 Å². The summed E-state index contributed by atoms with van der Waals surface area (Å²) < 4.78 is 24.2. The molecule has 0 aliphatic carbocycles. The van der Waals surface area contributed by atoms with Crippen molar-refractivity contribution in [3.63, 3.8) is 0 Å². The van der Waals surface area contributed by atoms with Gasteiger partial charge < -0.3 is 0 Å². The lowest BCUT2D eigenvalue weighted by Gasteiger charge is -2.13. The number of aryl methyl sites for hydroxylation is 1. The third-order valence-corrected chi connectivity index (χ3v) is 3.93. The minimum Gasteiger partial charge on any atom is -0.234 e. The van der Waals surface area contributed by atoms with E-state index in [1.165, 1.54) is 12.1 Å². The number of benzene rings is 1. The predicted molar refractivity (Wildman–Crippen MR) is 62.4 cm³/mol. The maximum Gasteiger partial charge on any atom is 0.313 e. The van der Waals surface area contributed by atoms with Gasteiger partial charge in [-0.1, -0.05) is 24.6 Å². The minimum atomic E-state index is -4.04. The van der Waals surface area contributed by atoms with Gasteiger partial charge in [-0.3, -0.25) is 0 Å². The van der Waals surface area contributed by atoms with Crippen LogP contribution in [0.3, 0.4) is 0 Å². The first kappa shape index (κ1) is 13.4. The van der Waals surface area contributed by atoms with E-state index in [0.29, 0.717) is 6.42 Å². The minimum absolute atomic E-state index is 0.0618. The second-order valence-corrected chi connectivity index (χ2v) is 5.44. The molecule has 0 fully saturated rings. The van der Waals surface area contributed by atoms with Gasteiger partial charge in [0.2, 0.25) is 0 Å².